The largest absolute Gasteiger partial charge is 0.478 e. The second-order valence-corrected chi connectivity index (χ2v) is 16.2. The summed E-state index contributed by atoms with van der Waals surface area (Å²) in [5.74, 6) is -1.53. The molecule has 7 nitrogen and oxygen atoms in total. The van der Waals surface area contributed by atoms with E-state index in [-0.39, 0.29) is 62.7 Å². The zero-order chi connectivity index (χ0) is 31.1. The van der Waals surface area contributed by atoms with Crippen LogP contribution >= 0.6 is 0 Å². The van der Waals surface area contributed by atoms with Crippen molar-refractivity contribution in [3.05, 3.63) is 23.8 Å². The molecule has 7 heteroatoms. The minimum absolute atomic E-state index is 0.0719. The summed E-state index contributed by atoms with van der Waals surface area (Å²) in [6.45, 7) is 15.8. The van der Waals surface area contributed by atoms with Crippen molar-refractivity contribution >= 4 is 23.7 Å². The molecule has 0 bridgehead atoms. The van der Waals surface area contributed by atoms with E-state index in [0.29, 0.717) is 6.42 Å². The molecular weight excluding hydrogens is 532 g/mol. The zero-order valence-electron chi connectivity index (χ0n) is 26.8. The van der Waals surface area contributed by atoms with Gasteiger partial charge < -0.3 is 14.6 Å². The lowest BCUT2D eigenvalue weighted by Gasteiger charge is -2.70. The molecule has 9 atom stereocenters. The Labute approximate surface area is 250 Å². The van der Waals surface area contributed by atoms with Gasteiger partial charge in [-0.25, -0.2) is 9.59 Å². The monoisotopic (exact) mass is 582 g/mol. The van der Waals surface area contributed by atoms with E-state index in [9.17, 15) is 19.2 Å². The van der Waals surface area contributed by atoms with Crippen LogP contribution in [0.5, 0.6) is 0 Å². The van der Waals surface area contributed by atoms with Crippen LogP contribution in [0.15, 0.2) is 23.8 Å². The molecule has 5 rings (SSSR count). The number of rotatable bonds is 4. The second kappa shape index (κ2) is 9.79. The summed E-state index contributed by atoms with van der Waals surface area (Å²) in [6, 6.07) is 0. The van der Waals surface area contributed by atoms with Crippen LogP contribution in [-0.2, 0) is 28.7 Å². The van der Waals surface area contributed by atoms with E-state index in [1.165, 1.54) is 12.7 Å². The third-order valence-corrected chi connectivity index (χ3v) is 13.8. The molecule has 0 aromatic heterocycles. The molecule has 9 unspecified atom stereocenters. The maximum atomic E-state index is 14.5. The summed E-state index contributed by atoms with van der Waals surface area (Å²) in [5.41, 5.74) is -0.194. The summed E-state index contributed by atoms with van der Waals surface area (Å²) in [6.07, 6.45) is 11.4. The van der Waals surface area contributed by atoms with Crippen LogP contribution in [0.4, 0.5) is 0 Å². The number of allylic oxidation sites excluding steroid dienone is 2. The molecule has 0 heterocycles. The van der Waals surface area contributed by atoms with E-state index in [0.717, 1.165) is 63.5 Å². The summed E-state index contributed by atoms with van der Waals surface area (Å²) in [7, 11) is 1.48. The predicted molar refractivity (Wildman–Crippen MR) is 158 cm³/mol. The number of ether oxygens (including phenoxy) is 2. The average molecular weight is 583 g/mol. The Kier molecular flexibility index (Phi) is 7.22. The van der Waals surface area contributed by atoms with Gasteiger partial charge in [0.1, 0.15) is 6.10 Å². The van der Waals surface area contributed by atoms with Crippen molar-refractivity contribution in [1.29, 1.82) is 0 Å². The van der Waals surface area contributed by atoms with Gasteiger partial charge in [0.25, 0.3) is 0 Å². The van der Waals surface area contributed by atoms with Gasteiger partial charge in [-0.1, -0.05) is 47.1 Å². The highest BCUT2D eigenvalue weighted by atomic mass is 16.5. The minimum atomic E-state index is -1.18. The number of fused-ring (bicyclic) bond motifs is 7. The number of ketones is 1. The molecule has 0 radical (unpaired) electrons. The molecule has 0 aromatic rings. The van der Waals surface area contributed by atoms with Gasteiger partial charge in [-0.3, -0.25) is 9.59 Å². The first-order chi connectivity index (χ1) is 19.4. The van der Waals surface area contributed by atoms with Crippen molar-refractivity contribution < 1.29 is 33.8 Å². The number of aliphatic carboxylic acids is 1. The van der Waals surface area contributed by atoms with E-state index in [1.54, 1.807) is 0 Å². The van der Waals surface area contributed by atoms with Gasteiger partial charge >= 0.3 is 17.9 Å². The van der Waals surface area contributed by atoms with Crippen LogP contribution in [0.1, 0.15) is 106 Å². The van der Waals surface area contributed by atoms with Crippen molar-refractivity contribution in [1.82, 2.24) is 0 Å². The standard InChI is InChI=1S/C35H50O7/c1-30(2)24-11-14-35(7)28(33(24,5)13-12-25(30)42-27(39)10-9-26(37)38)23(36)19-21-22-20-32(4,29(40)41-8)16-15-31(22,3)17-18-34(21,35)6/h9-10,19,22,24-25,28H,11-18,20H2,1-8H3,(H,37,38)/b10-9-. The topological polar surface area (TPSA) is 107 Å². The molecule has 4 fully saturated rings. The number of carbonyl (C=O) groups is 4. The Morgan fingerprint density at radius 1 is 0.905 bits per heavy atom. The molecule has 0 spiro atoms. The molecule has 0 aliphatic heterocycles. The quantitative estimate of drug-likeness (QED) is 0.291. The van der Waals surface area contributed by atoms with Gasteiger partial charge in [0, 0.05) is 23.5 Å². The minimum Gasteiger partial charge on any atom is -0.478 e. The van der Waals surface area contributed by atoms with Gasteiger partial charge in [-0.05, 0) is 104 Å². The molecule has 232 valence electrons. The highest BCUT2D eigenvalue weighted by molar-refractivity contribution is 5.96. The van der Waals surface area contributed by atoms with Crippen LogP contribution in [0, 0.1) is 50.2 Å². The zero-order valence-corrected chi connectivity index (χ0v) is 26.8. The average Bonchev–Trinajstić information content (AvgIpc) is 2.90. The van der Waals surface area contributed by atoms with Crippen LogP contribution in [0.25, 0.3) is 0 Å². The second-order valence-electron chi connectivity index (χ2n) is 16.2. The van der Waals surface area contributed by atoms with Crippen molar-refractivity contribution in [2.75, 3.05) is 7.11 Å². The van der Waals surface area contributed by atoms with Crippen LogP contribution < -0.4 is 0 Å². The number of hydrogen-bond donors (Lipinski definition) is 1. The van der Waals surface area contributed by atoms with E-state index in [2.05, 4.69) is 41.5 Å². The van der Waals surface area contributed by atoms with Gasteiger partial charge in [0.15, 0.2) is 5.78 Å². The fourth-order valence-corrected chi connectivity index (χ4v) is 11.1. The number of carbonyl (C=O) groups excluding carboxylic acids is 3. The predicted octanol–water partition coefficient (Wildman–Crippen LogP) is 6.69. The number of methoxy groups -OCH3 is 1. The van der Waals surface area contributed by atoms with Crippen molar-refractivity contribution in [3.63, 3.8) is 0 Å². The lowest BCUT2D eigenvalue weighted by molar-refractivity contribution is -0.209. The summed E-state index contributed by atoms with van der Waals surface area (Å²) in [4.78, 5) is 50.8. The van der Waals surface area contributed by atoms with Gasteiger partial charge in [0.05, 0.1) is 12.5 Å². The van der Waals surface area contributed by atoms with E-state index < -0.39 is 17.4 Å². The van der Waals surface area contributed by atoms with Crippen molar-refractivity contribution in [2.24, 2.45) is 50.2 Å². The van der Waals surface area contributed by atoms with Gasteiger partial charge in [-0.2, -0.15) is 0 Å². The van der Waals surface area contributed by atoms with Gasteiger partial charge in [-0.15, -0.1) is 0 Å². The fourth-order valence-electron chi connectivity index (χ4n) is 11.1. The number of hydrogen-bond acceptors (Lipinski definition) is 6. The Bertz CT molecular complexity index is 1260. The third kappa shape index (κ3) is 4.26. The third-order valence-electron chi connectivity index (χ3n) is 13.8. The molecule has 1 N–H and O–H groups in total. The Balaban J connectivity index is 1.50. The molecule has 0 saturated heterocycles. The van der Waals surface area contributed by atoms with E-state index >= 15 is 0 Å². The summed E-state index contributed by atoms with van der Waals surface area (Å²) < 4.78 is 11.1. The molecule has 0 amide bonds. The van der Waals surface area contributed by atoms with Crippen molar-refractivity contribution in [3.8, 4) is 0 Å². The number of carboxylic acids is 1. The van der Waals surface area contributed by atoms with Crippen molar-refractivity contribution in [2.45, 2.75) is 112 Å². The molecule has 0 aromatic carbocycles. The van der Waals surface area contributed by atoms with Gasteiger partial charge in [0.2, 0.25) is 0 Å². The van der Waals surface area contributed by atoms with E-state index in [1.807, 2.05) is 13.0 Å². The Morgan fingerprint density at radius 2 is 1.57 bits per heavy atom. The Morgan fingerprint density at radius 3 is 2.21 bits per heavy atom. The normalized spacial score (nSPS) is 45.9. The Hall–Kier alpha value is -2.44. The maximum absolute atomic E-state index is 14.5. The molecule has 4 saturated carbocycles. The first-order valence-electron chi connectivity index (χ1n) is 15.8. The van der Waals surface area contributed by atoms with Crippen LogP contribution in [-0.4, -0.2) is 42.0 Å². The lowest BCUT2D eigenvalue weighted by Crippen LogP contribution is -2.66. The highest BCUT2D eigenvalue weighted by Gasteiger charge is 2.70. The SMILES string of the molecule is COC(=O)C1(C)CCC2(C)CCC3(C)C(=CC(=O)C4C5(C)CCC(OC(=O)/C=C\C(=O)O)C(C)(C)C5CCC43C)C2C1. The summed E-state index contributed by atoms with van der Waals surface area (Å²) >= 11 is 0. The molecule has 42 heavy (non-hydrogen) atoms. The molecule has 5 aliphatic carbocycles. The molecular formula is C35H50O7. The first-order valence-corrected chi connectivity index (χ1v) is 15.8. The first kappa shape index (κ1) is 31.0. The van der Waals surface area contributed by atoms with Crippen LogP contribution in [0.2, 0.25) is 0 Å². The number of carboxylic acid groups (broad SMARTS) is 1. The number of esters is 2. The van der Waals surface area contributed by atoms with Crippen LogP contribution in [0.3, 0.4) is 0 Å². The smallest absolute Gasteiger partial charge is 0.331 e. The maximum Gasteiger partial charge on any atom is 0.331 e. The highest BCUT2D eigenvalue weighted by Crippen LogP contribution is 2.75. The molecule has 5 aliphatic rings. The summed E-state index contributed by atoms with van der Waals surface area (Å²) in [5, 5.41) is 8.91. The fraction of sp³-hybridized carbons (Fsp3) is 0.771. The van der Waals surface area contributed by atoms with E-state index in [4.69, 9.17) is 14.6 Å². The lowest BCUT2D eigenvalue weighted by atomic mass is 9.33.